The molecule has 9 heterocycles. The standard InChI is InChI=1S/2C26H28N4O.C24H24N4O/c2*1-3-30(22-6-4-5-19(2)15-22)23-8-7-21-18-28-26(24(21)17-23)20-9-10-27-25(16-20)29-11-13-31-14-12-29;1-17-3-2-4-20(13-17)27-21-6-5-19-16-26-24(22(19)15-21)18-7-8-25-23(14-18)28-9-11-29-12-10-28/h2*4-10,15-17H,3,11-14,18H2,1-2H3;2-8,13-15,27H,9-12,16H2,1H3. The highest BCUT2D eigenvalue weighted by molar-refractivity contribution is 6.17. The fraction of sp³-hybridized carbons (Fsp3) is 0.289. The van der Waals surface area contributed by atoms with Crippen LogP contribution in [0.15, 0.2) is 197 Å². The Morgan fingerprint density at radius 3 is 1.11 bits per heavy atom. The van der Waals surface area contributed by atoms with E-state index >= 15 is 0 Å². The summed E-state index contributed by atoms with van der Waals surface area (Å²) < 4.78 is 16.4. The Morgan fingerprint density at radius 1 is 0.374 bits per heavy atom. The molecule has 6 aliphatic rings. The number of anilines is 9. The van der Waals surface area contributed by atoms with E-state index in [0.29, 0.717) is 0 Å². The third kappa shape index (κ3) is 13.9. The zero-order valence-corrected chi connectivity index (χ0v) is 53.0. The third-order valence-electron chi connectivity index (χ3n) is 17.5. The molecule has 3 aromatic heterocycles. The van der Waals surface area contributed by atoms with E-state index < -0.39 is 0 Å². The van der Waals surface area contributed by atoms with Crippen LogP contribution in [0.4, 0.5) is 51.6 Å². The van der Waals surface area contributed by atoms with Crippen LogP contribution in [0, 0.1) is 20.8 Å². The molecule has 15 heteroatoms. The minimum Gasteiger partial charge on any atom is -0.378 e. The summed E-state index contributed by atoms with van der Waals surface area (Å²) in [5, 5.41) is 3.52. The van der Waals surface area contributed by atoms with E-state index in [2.05, 4.69) is 243 Å². The maximum Gasteiger partial charge on any atom is 0.129 e. The highest BCUT2D eigenvalue weighted by Crippen LogP contribution is 2.36. The lowest BCUT2D eigenvalue weighted by atomic mass is 9.99. The van der Waals surface area contributed by atoms with Crippen molar-refractivity contribution in [3.05, 3.63) is 249 Å². The second-order valence-corrected chi connectivity index (χ2v) is 23.7. The van der Waals surface area contributed by atoms with E-state index in [-0.39, 0.29) is 0 Å². The van der Waals surface area contributed by atoms with Gasteiger partial charge in [-0.1, -0.05) is 54.6 Å². The van der Waals surface area contributed by atoms with Crippen LogP contribution in [0.2, 0.25) is 0 Å². The fourth-order valence-corrected chi connectivity index (χ4v) is 12.8. The minimum absolute atomic E-state index is 0.727. The summed E-state index contributed by atoms with van der Waals surface area (Å²) in [6.45, 7) is 24.6. The first kappa shape index (κ1) is 60.4. The van der Waals surface area contributed by atoms with E-state index in [4.69, 9.17) is 29.2 Å². The largest absolute Gasteiger partial charge is 0.378 e. The Labute approximate surface area is 535 Å². The van der Waals surface area contributed by atoms with Gasteiger partial charge in [0.15, 0.2) is 0 Å². The van der Waals surface area contributed by atoms with Crippen LogP contribution in [0.5, 0.6) is 0 Å². The summed E-state index contributed by atoms with van der Waals surface area (Å²) in [5.41, 5.74) is 24.8. The molecular weight excluding hydrogens is 1130 g/mol. The average Bonchev–Trinajstić information content (AvgIpc) is 1.88. The summed E-state index contributed by atoms with van der Waals surface area (Å²) in [6.07, 6.45) is 5.68. The van der Waals surface area contributed by atoms with E-state index in [9.17, 15) is 0 Å². The van der Waals surface area contributed by atoms with Gasteiger partial charge in [-0.3, -0.25) is 15.0 Å². The fourth-order valence-electron chi connectivity index (χ4n) is 12.8. The summed E-state index contributed by atoms with van der Waals surface area (Å²) in [6, 6.07) is 58.5. The van der Waals surface area contributed by atoms with Crippen LogP contribution in [0.3, 0.4) is 0 Å². The Hall–Kier alpha value is -9.54. The van der Waals surface area contributed by atoms with Crippen LogP contribution in [0.25, 0.3) is 0 Å². The lowest BCUT2D eigenvalue weighted by Gasteiger charge is -2.28. The van der Waals surface area contributed by atoms with Gasteiger partial charge in [-0.25, -0.2) is 15.0 Å². The topological polar surface area (TPSA) is 132 Å². The molecule has 0 saturated carbocycles. The average molecular weight is 1210 g/mol. The summed E-state index contributed by atoms with van der Waals surface area (Å²) in [4.78, 5) is 40.0. The molecule has 0 radical (unpaired) electrons. The van der Waals surface area contributed by atoms with Crippen molar-refractivity contribution in [1.29, 1.82) is 0 Å². The summed E-state index contributed by atoms with van der Waals surface area (Å²) in [5.74, 6) is 3.00. The van der Waals surface area contributed by atoms with Crippen molar-refractivity contribution < 1.29 is 14.2 Å². The predicted octanol–water partition coefficient (Wildman–Crippen LogP) is 13.8. The number of morpholine rings is 3. The van der Waals surface area contributed by atoms with E-state index in [1.807, 2.05) is 18.6 Å². The van der Waals surface area contributed by atoms with Crippen molar-refractivity contribution in [2.24, 2.45) is 15.0 Å². The lowest BCUT2D eigenvalue weighted by molar-refractivity contribution is 0.122. The molecule has 91 heavy (non-hydrogen) atoms. The second-order valence-electron chi connectivity index (χ2n) is 23.7. The van der Waals surface area contributed by atoms with Crippen molar-refractivity contribution in [3.63, 3.8) is 0 Å². The van der Waals surface area contributed by atoms with Crippen molar-refractivity contribution in [2.75, 3.05) is 122 Å². The number of ether oxygens (including phenoxy) is 3. The molecule has 15 nitrogen and oxygen atoms in total. The highest BCUT2D eigenvalue weighted by atomic mass is 16.5. The molecule has 0 aliphatic carbocycles. The summed E-state index contributed by atoms with van der Waals surface area (Å²) in [7, 11) is 0. The molecule has 1 N–H and O–H groups in total. The maximum absolute atomic E-state index is 5.49. The summed E-state index contributed by atoms with van der Waals surface area (Å²) >= 11 is 0. The van der Waals surface area contributed by atoms with Gasteiger partial charge in [-0.05, 0) is 177 Å². The molecule has 3 fully saturated rings. The first-order valence-electron chi connectivity index (χ1n) is 32.1. The molecule has 15 rings (SSSR count). The van der Waals surface area contributed by atoms with Gasteiger partial charge in [0.25, 0.3) is 0 Å². The van der Waals surface area contributed by atoms with Gasteiger partial charge >= 0.3 is 0 Å². The van der Waals surface area contributed by atoms with Gasteiger partial charge in [-0.15, -0.1) is 0 Å². The first-order valence-corrected chi connectivity index (χ1v) is 32.1. The molecule has 462 valence electrons. The normalized spacial score (nSPS) is 15.6. The third-order valence-corrected chi connectivity index (χ3v) is 17.5. The van der Waals surface area contributed by atoms with Gasteiger partial charge in [0.05, 0.1) is 76.4 Å². The van der Waals surface area contributed by atoms with Crippen molar-refractivity contribution in [2.45, 2.75) is 54.3 Å². The number of rotatable bonds is 14. The molecule has 9 aromatic rings. The van der Waals surface area contributed by atoms with E-state index in [0.717, 1.165) is 174 Å². The van der Waals surface area contributed by atoms with Crippen molar-refractivity contribution in [1.82, 2.24) is 15.0 Å². The number of aromatic nitrogens is 3. The number of aryl methyl sites for hydroxylation is 3. The Balaban J connectivity index is 0.000000125. The molecule has 0 unspecified atom stereocenters. The monoisotopic (exact) mass is 1210 g/mol. The van der Waals surface area contributed by atoms with Crippen molar-refractivity contribution >= 4 is 68.7 Å². The zero-order chi connectivity index (χ0) is 62.0. The van der Waals surface area contributed by atoms with E-state index in [1.165, 1.54) is 72.8 Å². The molecule has 3 saturated heterocycles. The van der Waals surface area contributed by atoms with Crippen LogP contribution in [-0.4, -0.2) is 124 Å². The van der Waals surface area contributed by atoms with Crippen LogP contribution in [-0.2, 0) is 33.8 Å². The zero-order valence-electron chi connectivity index (χ0n) is 53.0. The Bertz CT molecular complexity index is 3970. The number of pyridine rings is 3. The van der Waals surface area contributed by atoms with E-state index in [1.54, 1.807) is 0 Å². The number of hydrogen-bond donors (Lipinski definition) is 1. The first-order chi connectivity index (χ1) is 44.7. The minimum atomic E-state index is 0.727. The molecule has 6 aromatic carbocycles. The van der Waals surface area contributed by atoms with Crippen LogP contribution in [0.1, 0.15) is 80.6 Å². The number of nitrogens with one attached hydrogen (secondary N) is 1. The van der Waals surface area contributed by atoms with Gasteiger partial charge in [0.2, 0.25) is 0 Å². The number of fused-ring (bicyclic) bond motifs is 3. The highest BCUT2D eigenvalue weighted by Gasteiger charge is 2.25. The van der Waals surface area contributed by atoms with Gasteiger partial charge in [0, 0.05) is 138 Å². The number of nitrogens with zero attached hydrogens (tertiary/aromatic N) is 11. The molecular formula is C76H80N12O3. The van der Waals surface area contributed by atoms with Gasteiger partial charge < -0.3 is 44.0 Å². The Kier molecular flexibility index (Phi) is 18.6. The quantitative estimate of drug-likeness (QED) is 0.111. The molecule has 6 aliphatic heterocycles. The molecule has 0 spiro atoms. The van der Waals surface area contributed by atoms with Crippen molar-refractivity contribution in [3.8, 4) is 0 Å². The van der Waals surface area contributed by atoms with Crippen LogP contribution >= 0.6 is 0 Å². The van der Waals surface area contributed by atoms with Crippen LogP contribution < -0.4 is 29.8 Å². The lowest BCUT2D eigenvalue weighted by Crippen LogP contribution is -2.36. The Morgan fingerprint density at radius 2 is 0.725 bits per heavy atom. The second kappa shape index (κ2) is 28.1. The number of hydrogen-bond acceptors (Lipinski definition) is 15. The SMILES string of the molecule is CCN(c1cccc(C)c1)c1ccc2c(c1)C(c1ccnc(N3CCOCC3)c1)=NC2.CCN(c1cccc(C)c1)c1ccc2c(c1)C(c1ccnc(N3CCOCC3)c1)=NC2.Cc1cccc(Nc2ccc3c(c2)C(c2ccnc(N4CCOCC4)c2)=NC3)c1. The van der Waals surface area contributed by atoms with Gasteiger partial charge in [-0.2, -0.15) is 0 Å². The smallest absolute Gasteiger partial charge is 0.129 e. The van der Waals surface area contributed by atoms with Gasteiger partial charge in [0.1, 0.15) is 17.5 Å². The molecule has 0 amide bonds. The maximum atomic E-state index is 5.49. The number of benzene rings is 6. The molecule has 0 bridgehead atoms. The molecule has 0 atom stereocenters. The predicted molar refractivity (Wildman–Crippen MR) is 371 cm³/mol. The number of aliphatic imine (C=N–C) groups is 3.